The van der Waals surface area contributed by atoms with Crippen LogP contribution in [0.2, 0.25) is 0 Å². The summed E-state index contributed by atoms with van der Waals surface area (Å²) < 4.78 is 4.83. The Balaban J connectivity index is 2.23. The van der Waals surface area contributed by atoms with Crippen LogP contribution in [-0.2, 0) is 4.74 Å². The molecule has 0 aliphatic heterocycles. The number of methoxy groups -OCH3 is 1. The number of benzene rings is 2. The van der Waals surface area contributed by atoms with Crippen LogP contribution in [0.1, 0.15) is 37.7 Å². The molecule has 3 rings (SSSR count). The summed E-state index contributed by atoms with van der Waals surface area (Å²) in [7, 11) is 1.32. The van der Waals surface area contributed by atoms with E-state index in [1.165, 1.54) is 7.11 Å². The highest BCUT2D eigenvalue weighted by Crippen LogP contribution is 2.26. The van der Waals surface area contributed by atoms with Crippen molar-refractivity contribution in [2.24, 2.45) is 0 Å². The van der Waals surface area contributed by atoms with Gasteiger partial charge in [0.05, 0.1) is 18.2 Å². The topological polar surface area (TPSA) is 59.2 Å². The van der Waals surface area contributed by atoms with Crippen LogP contribution in [0.25, 0.3) is 10.8 Å². The van der Waals surface area contributed by atoms with Crippen molar-refractivity contribution in [1.82, 2.24) is 4.98 Å². The van der Waals surface area contributed by atoms with Crippen LogP contribution in [0, 0.1) is 13.8 Å². The number of carbonyl (C=O) groups excluding carboxylic acids is 2. The third-order valence-electron chi connectivity index (χ3n) is 4.03. The normalized spacial score (nSPS) is 10.7. The first kappa shape index (κ1) is 15.0. The van der Waals surface area contributed by atoms with Crippen molar-refractivity contribution >= 4 is 22.5 Å². The van der Waals surface area contributed by atoms with Crippen LogP contribution < -0.4 is 0 Å². The van der Waals surface area contributed by atoms with Crippen LogP contribution in [0.3, 0.4) is 0 Å². The van der Waals surface area contributed by atoms with Gasteiger partial charge in [0.15, 0.2) is 5.78 Å². The van der Waals surface area contributed by atoms with Gasteiger partial charge in [0.2, 0.25) is 0 Å². The fourth-order valence-corrected chi connectivity index (χ4v) is 2.98. The maximum Gasteiger partial charge on any atom is 0.340 e. The minimum atomic E-state index is -0.504. The summed E-state index contributed by atoms with van der Waals surface area (Å²) in [4.78, 5) is 28.2. The average Bonchev–Trinajstić information content (AvgIpc) is 2.87. The molecule has 23 heavy (non-hydrogen) atoms. The number of aromatic nitrogens is 1. The van der Waals surface area contributed by atoms with Gasteiger partial charge in [0.1, 0.15) is 0 Å². The lowest BCUT2D eigenvalue weighted by atomic mass is 9.95. The van der Waals surface area contributed by atoms with Crippen molar-refractivity contribution in [1.29, 1.82) is 0 Å². The Hall–Kier alpha value is -2.88. The van der Waals surface area contributed by atoms with E-state index in [1.807, 2.05) is 36.4 Å². The van der Waals surface area contributed by atoms with Gasteiger partial charge in [-0.1, -0.05) is 42.5 Å². The van der Waals surface area contributed by atoms with Crippen LogP contribution in [0.4, 0.5) is 0 Å². The lowest BCUT2D eigenvalue weighted by Crippen LogP contribution is -2.11. The van der Waals surface area contributed by atoms with Gasteiger partial charge >= 0.3 is 5.97 Å². The molecule has 0 saturated heterocycles. The third kappa shape index (κ3) is 2.42. The number of H-pyrrole nitrogens is 1. The minimum Gasteiger partial charge on any atom is -0.465 e. The highest BCUT2D eigenvalue weighted by atomic mass is 16.5. The molecule has 0 amide bonds. The van der Waals surface area contributed by atoms with Crippen molar-refractivity contribution in [3.8, 4) is 0 Å². The van der Waals surface area contributed by atoms with E-state index in [9.17, 15) is 9.59 Å². The van der Waals surface area contributed by atoms with Gasteiger partial charge in [0, 0.05) is 17.0 Å². The molecule has 0 atom stereocenters. The van der Waals surface area contributed by atoms with Gasteiger partial charge in [-0.15, -0.1) is 0 Å². The van der Waals surface area contributed by atoms with E-state index in [1.54, 1.807) is 19.9 Å². The molecule has 1 N–H and O–H groups in total. The quantitative estimate of drug-likeness (QED) is 0.591. The first-order valence-electron chi connectivity index (χ1n) is 7.34. The molecule has 4 nitrogen and oxygen atoms in total. The predicted octanol–water partition coefficient (Wildman–Crippen LogP) is 3.80. The van der Waals surface area contributed by atoms with Crippen LogP contribution >= 0.6 is 0 Å². The Labute approximate surface area is 134 Å². The molecule has 2 aromatic carbocycles. The Morgan fingerprint density at radius 1 is 0.913 bits per heavy atom. The number of nitrogens with one attached hydrogen (secondary N) is 1. The number of fused-ring (bicyclic) bond motifs is 1. The molecule has 0 radical (unpaired) electrons. The fourth-order valence-electron chi connectivity index (χ4n) is 2.98. The molecule has 1 heterocycles. The maximum absolute atomic E-state index is 13.1. The molecule has 0 bridgehead atoms. The molecule has 4 heteroatoms. The molecule has 0 aliphatic rings. The van der Waals surface area contributed by atoms with Gasteiger partial charge in [-0.05, 0) is 24.6 Å². The van der Waals surface area contributed by atoms with Crippen molar-refractivity contribution < 1.29 is 14.3 Å². The number of aromatic amines is 1. The maximum atomic E-state index is 13.1. The van der Waals surface area contributed by atoms with Crippen molar-refractivity contribution in [3.05, 3.63) is 70.5 Å². The second kappa shape index (κ2) is 5.72. The van der Waals surface area contributed by atoms with Crippen molar-refractivity contribution in [3.63, 3.8) is 0 Å². The predicted molar refractivity (Wildman–Crippen MR) is 89.0 cm³/mol. The number of carbonyl (C=O) groups is 2. The molecule has 1 aromatic heterocycles. The van der Waals surface area contributed by atoms with Gasteiger partial charge in [-0.3, -0.25) is 4.79 Å². The second-order valence-corrected chi connectivity index (χ2v) is 5.47. The molecule has 0 spiro atoms. The van der Waals surface area contributed by atoms with E-state index < -0.39 is 5.97 Å². The van der Waals surface area contributed by atoms with Crippen LogP contribution in [0.15, 0.2) is 42.5 Å². The summed E-state index contributed by atoms with van der Waals surface area (Å²) in [5, 5.41) is 1.86. The Bertz CT molecular complexity index is 916. The van der Waals surface area contributed by atoms with E-state index in [2.05, 4.69) is 4.98 Å². The molecule has 0 saturated carbocycles. The number of ketones is 1. The summed E-state index contributed by atoms with van der Waals surface area (Å²) in [6, 6.07) is 13.3. The second-order valence-electron chi connectivity index (χ2n) is 5.47. The SMILES string of the molecule is COC(=O)c1c(C)[nH]c(C)c1C(=O)c1cccc2ccccc12. The minimum absolute atomic E-state index is 0.177. The Morgan fingerprint density at radius 3 is 2.30 bits per heavy atom. The van der Waals surface area contributed by atoms with Gasteiger partial charge in [-0.25, -0.2) is 4.79 Å². The lowest BCUT2D eigenvalue weighted by Gasteiger charge is -2.08. The fraction of sp³-hybridized carbons (Fsp3) is 0.158. The van der Waals surface area contributed by atoms with E-state index in [-0.39, 0.29) is 5.78 Å². The molecule has 0 unspecified atom stereocenters. The highest BCUT2D eigenvalue weighted by molar-refractivity contribution is 6.20. The Morgan fingerprint density at radius 2 is 1.57 bits per heavy atom. The molecular weight excluding hydrogens is 290 g/mol. The van der Waals surface area contributed by atoms with Crippen LogP contribution in [-0.4, -0.2) is 23.8 Å². The average molecular weight is 307 g/mol. The largest absolute Gasteiger partial charge is 0.465 e. The lowest BCUT2D eigenvalue weighted by molar-refractivity contribution is 0.0597. The van der Waals surface area contributed by atoms with Crippen LogP contribution in [0.5, 0.6) is 0 Å². The highest BCUT2D eigenvalue weighted by Gasteiger charge is 2.26. The van der Waals surface area contributed by atoms with E-state index in [4.69, 9.17) is 4.74 Å². The number of aryl methyl sites for hydroxylation is 2. The molecule has 3 aromatic rings. The number of hydrogen-bond donors (Lipinski definition) is 1. The summed E-state index contributed by atoms with van der Waals surface area (Å²) in [5.41, 5.74) is 2.57. The first-order valence-corrected chi connectivity index (χ1v) is 7.34. The summed E-state index contributed by atoms with van der Waals surface area (Å²) in [6.45, 7) is 3.55. The summed E-state index contributed by atoms with van der Waals surface area (Å²) in [5.74, 6) is -0.681. The first-order chi connectivity index (χ1) is 11.0. The van der Waals surface area contributed by atoms with Gasteiger partial charge < -0.3 is 9.72 Å². The number of ether oxygens (including phenoxy) is 1. The van der Waals surface area contributed by atoms with E-state index in [0.29, 0.717) is 28.1 Å². The molecule has 0 fully saturated rings. The smallest absolute Gasteiger partial charge is 0.340 e. The zero-order valence-corrected chi connectivity index (χ0v) is 13.3. The number of rotatable bonds is 3. The zero-order chi connectivity index (χ0) is 16.6. The van der Waals surface area contributed by atoms with E-state index >= 15 is 0 Å². The number of esters is 1. The molecule has 0 aliphatic carbocycles. The number of hydrogen-bond acceptors (Lipinski definition) is 3. The molecular formula is C19H17NO3. The van der Waals surface area contributed by atoms with Gasteiger partial charge in [-0.2, -0.15) is 0 Å². The van der Waals surface area contributed by atoms with E-state index in [0.717, 1.165) is 10.8 Å². The zero-order valence-electron chi connectivity index (χ0n) is 13.3. The molecule has 116 valence electrons. The standard InChI is InChI=1S/C19H17NO3/c1-11-16(17(12(2)20-11)19(22)23-3)18(21)15-10-6-8-13-7-4-5-9-14(13)15/h4-10,20H,1-3H3. The van der Waals surface area contributed by atoms with Crippen molar-refractivity contribution in [2.45, 2.75) is 13.8 Å². The van der Waals surface area contributed by atoms with Crippen molar-refractivity contribution in [2.75, 3.05) is 7.11 Å². The summed E-state index contributed by atoms with van der Waals surface area (Å²) >= 11 is 0. The third-order valence-corrected chi connectivity index (χ3v) is 4.03. The van der Waals surface area contributed by atoms with Gasteiger partial charge in [0.25, 0.3) is 0 Å². The Kier molecular flexibility index (Phi) is 3.74. The monoisotopic (exact) mass is 307 g/mol. The summed E-state index contributed by atoms with van der Waals surface area (Å²) in [6.07, 6.45) is 0.